The monoisotopic (exact) mass is 325 g/mol. The molecule has 0 radical (unpaired) electrons. The Kier molecular flexibility index (Phi) is 5.82. The number of hydrogen-bond donors (Lipinski definition) is 0. The van der Waals surface area contributed by atoms with Crippen molar-refractivity contribution in [2.75, 3.05) is 0 Å². The molecule has 0 heterocycles. The molecule has 2 aromatic carbocycles. The summed E-state index contributed by atoms with van der Waals surface area (Å²) < 4.78 is 41.6. The number of benzene rings is 2. The van der Waals surface area contributed by atoms with Gasteiger partial charge in [-0.15, -0.1) is 0 Å². The fraction of sp³-hybridized carbons (Fsp3) is 0.150. The molecule has 120 valence electrons. The van der Waals surface area contributed by atoms with Crippen LogP contribution in [0.25, 0.3) is 0 Å². The highest BCUT2D eigenvalue weighted by molar-refractivity contribution is 5.47. The van der Waals surface area contributed by atoms with Crippen molar-refractivity contribution < 1.29 is 13.2 Å². The first-order valence-electron chi connectivity index (χ1n) is 7.36. The zero-order valence-electron chi connectivity index (χ0n) is 13.0. The van der Waals surface area contributed by atoms with Crippen LogP contribution >= 0.6 is 0 Å². The van der Waals surface area contributed by atoms with E-state index < -0.39 is 17.5 Å². The molecular weight excluding hydrogens is 311 g/mol. The van der Waals surface area contributed by atoms with Crippen LogP contribution in [-0.2, 0) is 6.42 Å². The molecule has 0 N–H and O–H groups in total. The average Bonchev–Trinajstić information content (AvgIpc) is 2.54. The Bertz CT molecular complexity index is 857. The third kappa shape index (κ3) is 4.27. The van der Waals surface area contributed by atoms with E-state index in [1.807, 2.05) is 19.1 Å². The Morgan fingerprint density at radius 2 is 1.71 bits per heavy atom. The summed E-state index contributed by atoms with van der Waals surface area (Å²) in [4.78, 5) is 0. The summed E-state index contributed by atoms with van der Waals surface area (Å²) in [6.07, 6.45) is 5.03. The highest BCUT2D eigenvalue weighted by atomic mass is 19.1. The summed E-state index contributed by atoms with van der Waals surface area (Å²) >= 11 is 0. The summed E-state index contributed by atoms with van der Waals surface area (Å²) in [6, 6.07) is 7.98. The zero-order valence-corrected chi connectivity index (χ0v) is 13.0. The number of hydrogen-bond acceptors (Lipinski definition) is 1. The first-order chi connectivity index (χ1) is 11.5. The number of allylic oxidation sites excluding steroid dienone is 2. The molecule has 0 saturated carbocycles. The number of halogens is 3. The lowest BCUT2D eigenvalue weighted by atomic mass is 10.1. The molecule has 0 aromatic heterocycles. The minimum absolute atomic E-state index is 0.108. The van der Waals surface area contributed by atoms with Crippen LogP contribution in [0.15, 0.2) is 42.5 Å². The molecule has 24 heavy (non-hydrogen) atoms. The average molecular weight is 325 g/mol. The quantitative estimate of drug-likeness (QED) is 0.582. The second-order valence-corrected chi connectivity index (χ2v) is 5.10. The normalized spacial score (nSPS) is 10.3. The van der Waals surface area contributed by atoms with Crippen molar-refractivity contribution >= 4 is 0 Å². The SMILES string of the molecule is CC=CCCc1cc(F)c(C#Cc2ccc(C#N)c(F)c2)c(F)c1. The van der Waals surface area contributed by atoms with Crippen molar-refractivity contribution in [3.63, 3.8) is 0 Å². The molecule has 1 nitrogen and oxygen atoms in total. The number of nitrogens with zero attached hydrogens (tertiary/aromatic N) is 1. The van der Waals surface area contributed by atoms with E-state index in [0.717, 1.165) is 6.07 Å². The summed E-state index contributed by atoms with van der Waals surface area (Å²) in [5.41, 5.74) is 0.332. The molecule has 0 amide bonds. The Labute approximate surface area is 139 Å². The number of aryl methyl sites for hydroxylation is 1. The predicted molar refractivity (Wildman–Crippen MR) is 86.6 cm³/mol. The maximum atomic E-state index is 14.0. The van der Waals surface area contributed by atoms with Gasteiger partial charge in [0.15, 0.2) is 0 Å². The minimum Gasteiger partial charge on any atom is -0.206 e. The zero-order chi connectivity index (χ0) is 17.5. The van der Waals surface area contributed by atoms with Gasteiger partial charge in [-0.3, -0.25) is 0 Å². The Morgan fingerprint density at radius 1 is 1.00 bits per heavy atom. The molecular formula is C20H14F3N. The second kappa shape index (κ2) is 8.04. The lowest BCUT2D eigenvalue weighted by Crippen LogP contribution is -1.95. The van der Waals surface area contributed by atoms with Gasteiger partial charge in [-0.2, -0.15) is 5.26 Å². The molecule has 0 aliphatic carbocycles. The maximum absolute atomic E-state index is 14.0. The van der Waals surface area contributed by atoms with Gasteiger partial charge in [0.25, 0.3) is 0 Å². The van der Waals surface area contributed by atoms with Crippen LogP contribution in [0.4, 0.5) is 13.2 Å². The van der Waals surface area contributed by atoms with Crippen LogP contribution in [0, 0.1) is 40.6 Å². The topological polar surface area (TPSA) is 23.8 Å². The summed E-state index contributed by atoms with van der Waals surface area (Å²) in [5.74, 6) is 2.70. The lowest BCUT2D eigenvalue weighted by molar-refractivity contribution is 0.574. The fourth-order valence-electron chi connectivity index (χ4n) is 2.12. The summed E-state index contributed by atoms with van der Waals surface area (Å²) in [6.45, 7) is 1.88. The Balaban J connectivity index is 2.28. The van der Waals surface area contributed by atoms with Crippen molar-refractivity contribution in [1.29, 1.82) is 5.26 Å². The van der Waals surface area contributed by atoms with E-state index in [4.69, 9.17) is 5.26 Å². The van der Waals surface area contributed by atoms with E-state index in [1.165, 1.54) is 24.3 Å². The third-order valence-electron chi connectivity index (χ3n) is 3.36. The van der Waals surface area contributed by atoms with Gasteiger partial charge in [-0.25, -0.2) is 13.2 Å². The van der Waals surface area contributed by atoms with Crippen LogP contribution in [0.5, 0.6) is 0 Å². The van der Waals surface area contributed by atoms with Crippen LogP contribution in [0.2, 0.25) is 0 Å². The van der Waals surface area contributed by atoms with Gasteiger partial charge in [-0.05, 0) is 55.7 Å². The van der Waals surface area contributed by atoms with E-state index in [-0.39, 0.29) is 16.7 Å². The smallest absolute Gasteiger partial charge is 0.142 e. The fourth-order valence-corrected chi connectivity index (χ4v) is 2.12. The lowest BCUT2D eigenvalue weighted by Gasteiger charge is -2.03. The summed E-state index contributed by atoms with van der Waals surface area (Å²) in [5, 5.41) is 8.66. The second-order valence-electron chi connectivity index (χ2n) is 5.10. The minimum atomic E-state index is -0.743. The highest BCUT2D eigenvalue weighted by Crippen LogP contribution is 2.16. The van der Waals surface area contributed by atoms with Gasteiger partial charge in [0.1, 0.15) is 23.5 Å². The molecule has 0 fully saturated rings. The van der Waals surface area contributed by atoms with Gasteiger partial charge in [0.05, 0.1) is 11.1 Å². The maximum Gasteiger partial charge on any atom is 0.142 e. The molecule has 0 atom stereocenters. The molecule has 0 saturated heterocycles. The van der Waals surface area contributed by atoms with Crippen molar-refractivity contribution in [2.24, 2.45) is 0 Å². The van der Waals surface area contributed by atoms with Gasteiger partial charge in [0.2, 0.25) is 0 Å². The van der Waals surface area contributed by atoms with Crippen LogP contribution in [0.3, 0.4) is 0 Å². The van der Waals surface area contributed by atoms with Gasteiger partial charge in [0, 0.05) is 5.56 Å². The Morgan fingerprint density at radius 3 is 2.29 bits per heavy atom. The summed E-state index contributed by atoms with van der Waals surface area (Å²) in [7, 11) is 0. The molecule has 0 spiro atoms. The van der Waals surface area contributed by atoms with Crippen molar-refractivity contribution in [2.45, 2.75) is 19.8 Å². The largest absolute Gasteiger partial charge is 0.206 e. The number of rotatable bonds is 3. The third-order valence-corrected chi connectivity index (χ3v) is 3.36. The van der Waals surface area contributed by atoms with E-state index in [9.17, 15) is 13.2 Å². The Hall–Kier alpha value is -2.98. The van der Waals surface area contributed by atoms with Crippen molar-refractivity contribution in [3.8, 4) is 17.9 Å². The van der Waals surface area contributed by atoms with E-state index in [2.05, 4.69) is 11.8 Å². The first kappa shape index (κ1) is 17.4. The van der Waals surface area contributed by atoms with Crippen LogP contribution in [-0.4, -0.2) is 0 Å². The highest BCUT2D eigenvalue weighted by Gasteiger charge is 2.09. The molecule has 0 bridgehead atoms. The molecule has 4 heteroatoms. The molecule has 0 aliphatic heterocycles. The predicted octanol–water partition coefficient (Wildman–Crippen LogP) is 4.88. The standard InChI is InChI=1S/C20H14F3N/c1-2-3-4-5-15-11-19(22)17(20(23)12-15)9-7-14-6-8-16(13-24)18(21)10-14/h2-3,6,8,10-12H,4-5H2,1H3. The van der Waals surface area contributed by atoms with Crippen LogP contribution in [0.1, 0.15) is 35.6 Å². The molecule has 0 unspecified atom stereocenters. The molecule has 0 aliphatic rings. The van der Waals surface area contributed by atoms with Crippen LogP contribution < -0.4 is 0 Å². The van der Waals surface area contributed by atoms with Gasteiger partial charge in [-0.1, -0.05) is 24.0 Å². The molecule has 2 rings (SSSR count). The van der Waals surface area contributed by atoms with Gasteiger partial charge >= 0.3 is 0 Å². The number of nitriles is 1. The van der Waals surface area contributed by atoms with Crippen molar-refractivity contribution in [3.05, 3.63) is 82.2 Å². The van der Waals surface area contributed by atoms with E-state index >= 15 is 0 Å². The molecule has 2 aromatic rings. The van der Waals surface area contributed by atoms with E-state index in [1.54, 1.807) is 6.07 Å². The van der Waals surface area contributed by atoms with Gasteiger partial charge < -0.3 is 0 Å². The van der Waals surface area contributed by atoms with Crippen molar-refractivity contribution in [1.82, 2.24) is 0 Å². The first-order valence-corrected chi connectivity index (χ1v) is 7.36. The van der Waals surface area contributed by atoms with E-state index in [0.29, 0.717) is 18.4 Å².